The molecule has 2 rings (SSSR count). The van der Waals surface area contributed by atoms with Gasteiger partial charge in [-0.05, 0) is 61.6 Å². The van der Waals surface area contributed by atoms with Crippen molar-refractivity contribution in [1.82, 2.24) is 5.32 Å². The Labute approximate surface area is 124 Å². The predicted octanol–water partition coefficient (Wildman–Crippen LogP) is 4.49. The Morgan fingerprint density at radius 3 is 2.89 bits per heavy atom. The molecule has 2 nitrogen and oxygen atoms in total. The van der Waals surface area contributed by atoms with Crippen molar-refractivity contribution >= 4 is 15.9 Å². The summed E-state index contributed by atoms with van der Waals surface area (Å²) >= 11 is 3.53. The van der Waals surface area contributed by atoms with E-state index in [-0.39, 0.29) is 6.04 Å². The molecule has 1 atom stereocenters. The number of ether oxygens (including phenoxy) is 1. The maximum Gasteiger partial charge on any atom is 0.0876 e. The van der Waals surface area contributed by atoms with E-state index in [2.05, 4.69) is 53.3 Å². The standard InChI is InChI=1S/C16H22BrNO/c1-3-8-18-16(13-5-4-9-19-11-13)15-7-6-14(17)10-12(15)2/h6-7,10-11,16,18H,3-5,8-9H2,1-2H3. The number of nitrogens with one attached hydrogen (secondary N) is 1. The van der Waals surface area contributed by atoms with E-state index in [1.54, 1.807) is 0 Å². The van der Waals surface area contributed by atoms with E-state index in [1.165, 1.54) is 16.7 Å². The molecule has 1 aliphatic rings. The maximum atomic E-state index is 5.52. The normalized spacial score (nSPS) is 16.7. The quantitative estimate of drug-likeness (QED) is 0.861. The summed E-state index contributed by atoms with van der Waals surface area (Å²) in [5.74, 6) is 0. The topological polar surface area (TPSA) is 21.3 Å². The number of hydrogen-bond donors (Lipinski definition) is 1. The Balaban J connectivity index is 2.27. The van der Waals surface area contributed by atoms with Crippen LogP contribution < -0.4 is 5.32 Å². The second-order valence-corrected chi connectivity index (χ2v) is 5.97. The van der Waals surface area contributed by atoms with Crippen molar-refractivity contribution < 1.29 is 4.74 Å². The molecule has 0 fully saturated rings. The highest BCUT2D eigenvalue weighted by Crippen LogP contribution is 2.30. The van der Waals surface area contributed by atoms with Gasteiger partial charge in [0.25, 0.3) is 0 Å². The van der Waals surface area contributed by atoms with Gasteiger partial charge in [0, 0.05) is 4.47 Å². The summed E-state index contributed by atoms with van der Waals surface area (Å²) in [4.78, 5) is 0. The molecule has 0 aromatic heterocycles. The van der Waals surface area contributed by atoms with Gasteiger partial charge in [-0.2, -0.15) is 0 Å². The molecule has 1 unspecified atom stereocenters. The number of halogens is 1. The van der Waals surface area contributed by atoms with Gasteiger partial charge >= 0.3 is 0 Å². The highest BCUT2D eigenvalue weighted by molar-refractivity contribution is 9.10. The molecule has 0 spiro atoms. The summed E-state index contributed by atoms with van der Waals surface area (Å²) in [5.41, 5.74) is 4.04. The van der Waals surface area contributed by atoms with E-state index < -0.39 is 0 Å². The second-order valence-electron chi connectivity index (χ2n) is 5.06. The lowest BCUT2D eigenvalue weighted by Crippen LogP contribution is -2.26. The summed E-state index contributed by atoms with van der Waals surface area (Å²) in [6.07, 6.45) is 5.33. The lowest BCUT2D eigenvalue weighted by Gasteiger charge is -2.26. The molecule has 0 bridgehead atoms. The molecule has 0 saturated heterocycles. The summed E-state index contributed by atoms with van der Waals surface area (Å²) in [6.45, 7) is 6.25. The van der Waals surface area contributed by atoms with Crippen LogP contribution in [0.5, 0.6) is 0 Å². The van der Waals surface area contributed by atoms with Crippen molar-refractivity contribution in [2.24, 2.45) is 0 Å². The third-order valence-corrected chi connectivity index (χ3v) is 3.97. The van der Waals surface area contributed by atoms with Crippen molar-refractivity contribution in [3.8, 4) is 0 Å². The Hall–Kier alpha value is -0.800. The molecule has 1 aromatic rings. The number of benzene rings is 1. The van der Waals surface area contributed by atoms with Crippen molar-refractivity contribution in [2.45, 2.75) is 39.2 Å². The van der Waals surface area contributed by atoms with Gasteiger partial charge in [0.1, 0.15) is 0 Å². The van der Waals surface area contributed by atoms with Crippen molar-refractivity contribution in [1.29, 1.82) is 0 Å². The Kier molecular flexibility index (Phi) is 5.46. The van der Waals surface area contributed by atoms with E-state index in [0.29, 0.717) is 0 Å². The summed E-state index contributed by atoms with van der Waals surface area (Å²) in [7, 11) is 0. The third-order valence-electron chi connectivity index (χ3n) is 3.47. The molecule has 1 aliphatic heterocycles. The van der Waals surface area contributed by atoms with Gasteiger partial charge in [-0.25, -0.2) is 0 Å². The smallest absolute Gasteiger partial charge is 0.0876 e. The molecule has 0 saturated carbocycles. The fraction of sp³-hybridized carbons (Fsp3) is 0.500. The van der Waals surface area contributed by atoms with Crippen LogP contribution in [0, 0.1) is 6.92 Å². The largest absolute Gasteiger partial charge is 0.501 e. The predicted molar refractivity (Wildman–Crippen MR) is 83.2 cm³/mol. The lowest BCUT2D eigenvalue weighted by atomic mass is 9.92. The fourth-order valence-electron chi connectivity index (χ4n) is 2.49. The molecular weight excluding hydrogens is 302 g/mol. The number of rotatable bonds is 5. The Morgan fingerprint density at radius 2 is 2.26 bits per heavy atom. The molecule has 1 heterocycles. The van der Waals surface area contributed by atoms with Crippen LogP contribution in [0.4, 0.5) is 0 Å². The van der Waals surface area contributed by atoms with Crippen LogP contribution in [0.1, 0.15) is 43.4 Å². The van der Waals surface area contributed by atoms with Crippen LogP contribution in [0.2, 0.25) is 0 Å². The van der Waals surface area contributed by atoms with Crippen molar-refractivity contribution in [2.75, 3.05) is 13.2 Å². The second kappa shape index (κ2) is 7.11. The zero-order valence-electron chi connectivity index (χ0n) is 11.7. The Bertz CT molecular complexity index is 456. The van der Waals surface area contributed by atoms with Crippen LogP contribution in [0.25, 0.3) is 0 Å². The van der Waals surface area contributed by atoms with Crippen LogP contribution in [0.15, 0.2) is 34.5 Å². The summed E-state index contributed by atoms with van der Waals surface area (Å²) in [6, 6.07) is 6.80. The minimum atomic E-state index is 0.286. The fourth-order valence-corrected chi connectivity index (χ4v) is 2.96. The Morgan fingerprint density at radius 1 is 1.42 bits per heavy atom. The molecule has 104 valence electrons. The molecule has 3 heteroatoms. The molecule has 1 aromatic carbocycles. The third kappa shape index (κ3) is 3.83. The van der Waals surface area contributed by atoms with E-state index in [1.807, 2.05) is 6.26 Å². The van der Waals surface area contributed by atoms with Gasteiger partial charge in [-0.15, -0.1) is 0 Å². The van der Waals surface area contributed by atoms with Gasteiger partial charge in [0.15, 0.2) is 0 Å². The lowest BCUT2D eigenvalue weighted by molar-refractivity contribution is 0.219. The van der Waals surface area contributed by atoms with Crippen molar-refractivity contribution in [3.05, 3.63) is 45.6 Å². The molecular formula is C16H22BrNO. The first-order valence-corrected chi connectivity index (χ1v) is 7.81. The van der Waals surface area contributed by atoms with E-state index in [0.717, 1.165) is 36.9 Å². The van der Waals surface area contributed by atoms with Gasteiger partial charge in [0.2, 0.25) is 0 Å². The molecule has 0 amide bonds. The number of hydrogen-bond acceptors (Lipinski definition) is 2. The molecule has 0 aliphatic carbocycles. The first-order chi connectivity index (χ1) is 9.22. The highest BCUT2D eigenvalue weighted by Gasteiger charge is 2.20. The first kappa shape index (κ1) is 14.6. The van der Waals surface area contributed by atoms with Gasteiger partial charge < -0.3 is 10.1 Å². The highest BCUT2D eigenvalue weighted by atomic mass is 79.9. The van der Waals surface area contributed by atoms with E-state index in [9.17, 15) is 0 Å². The average molecular weight is 324 g/mol. The SMILES string of the molecule is CCCNC(C1=COCCC1)c1ccc(Br)cc1C. The van der Waals surface area contributed by atoms with Crippen LogP contribution in [0.3, 0.4) is 0 Å². The van der Waals surface area contributed by atoms with Gasteiger partial charge in [0.05, 0.1) is 18.9 Å². The first-order valence-electron chi connectivity index (χ1n) is 7.02. The van der Waals surface area contributed by atoms with Crippen LogP contribution >= 0.6 is 15.9 Å². The van der Waals surface area contributed by atoms with Gasteiger partial charge in [-0.3, -0.25) is 0 Å². The monoisotopic (exact) mass is 323 g/mol. The zero-order chi connectivity index (χ0) is 13.7. The van der Waals surface area contributed by atoms with Crippen LogP contribution in [-0.2, 0) is 4.74 Å². The molecule has 0 radical (unpaired) electrons. The minimum absolute atomic E-state index is 0.286. The maximum absolute atomic E-state index is 5.52. The average Bonchev–Trinajstić information content (AvgIpc) is 2.42. The summed E-state index contributed by atoms with van der Waals surface area (Å²) in [5, 5.41) is 3.65. The van der Waals surface area contributed by atoms with Crippen molar-refractivity contribution in [3.63, 3.8) is 0 Å². The molecule has 19 heavy (non-hydrogen) atoms. The van der Waals surface area contributed by atoms with Crippen LogP contribution in [-0.4, -0.2) is 13.2 Å². The van der Waals surface area contributed by atoms with E-state index >= 15 is 0 Å². The van der Waals surface area contributed by atoms with Gasteiger partial charge in [-0.1, -0.05) is 28.9 Å². The summed E-state index contributed by atoms with van der Waals surface area (Å²) < 4.78 is 6.65. The number of aryl methyl sites for hydroxylation is 1. The minimum Gasteiger partial charge on any atom is -0.501 e. The molecule has 1 N–H and O–H groups in total. The van der Waals surface area contributed by atoms with E-state index in [4.69, 9.17) is 4.74 Å². The zero-order valence-corrected chi connectivity index (χ0v) is 13.3.